The molecule has 2 aromatic rings. The second kappa shape index (κ2) is 9.00. The molecule has 2 rings (SSSR count). The zero-order valence-electron chi connectivity index (χ0n) is 15.4. The molecule has 0 saturated carbocycles. The lowest BCUT2D eigenvalue weighted by Gasteiger charge is -2.15. The monoisotopic (exact) mass is 360 g/mol. The Morgan fingerprint density at radius 2 is 1.88 bits per heavy atom. The minimum absolute atomic E-state index is 0.0449. The quantitative estimate of drug-likeness (QED) is 0.750. The summed E-state index contributed by atoms with van der Waals surface area (Å²) in [5, 5.41) is 9.27. The first-order valence-electron chi connectivity index (χ1n) is 8.26. The van der Waals surface area contributed by atoms with Gasteiger partial charge in [0.2, 0.25) is 17.7 Å². The number of carbonyl (C=O) groups is 2. The van der Waals surface area contributed by atoms with E-state index in [1.165, 1.54) is 0 Å². The van der Waals surface area contributed by atoms with Gasteiger partial charge in [0.1, 0.15) is 5.75 Å². The van der Waals surface area contributed by atoms with Crippen LogP contribution in [0.15, 0.2) is 34.9 Å². The second-order valence-corrected chi connectivity index (χ2v) is 6.27. The van der Waals surface area contributed by atoms with Crippen LogP contribution in [-0.2, 0) is 9.59 Å². The maximum absolute atomic E-state index is 12.1. The summed E-state index contributed by atoms with van der Waals surface area (Å²) in [4.78, 5) is 25.7. The summed E-state index contributed by atoms with van der Waals surface area (Å²) in [6.07, 6.45) is 0. The number of hydrogen-bond acceptors (Lipinski definition) is 6. The molecule has 1 aromatic carbocycles. The van der Waals surface area contributed by atoms with Gasteiger partial charge in [0.05, 0.1) is 25.9 Å². The Bertz CT molecular complexity index is 757. The van der Waals surface area contributed by atoms with Gasteiger partial charge in [-0.25, -0.2) is 0 Å². The van der Waals surface area contributed by atoms with Gasteiger partial charge in [-0.2, -0.15) is 0 Å². The van der Waals surface area contributed by atoms with E-state index in [-0.39, 0.29) is 30.8 Å². The van der Waals surface area contributed by atoms with Crippen molar-refractivity contribution in [3.63, 3.8) is 0 Å². The number of likely N-dealkylation sites (N-methyl/N-ethyl adjacent to an activating group) is 1. The Labute approximate surface area is 152 Å². The molecular weight excluding hydrogens is 336 g/mol. The van der Waals surface area contributed by atoms with Gasteiger partial charge in [0.15, 0.2) is 0 Å². The summed E-state index contributed by atoms with van der Waals surface area (Å²) in [5.74, 6) is 0.659. The predicted octanol–water partition coefficient (Wildman–Crippen LogP) is 2.32. The number of hydrogen-bond donors (Lipinski definition) is 2. The number of nitrogens with one attached hydrogen (secondary N) is 2. The summed E-state index contributed by atoms with van der Waals surface area (Å²) in [6, 6.07) is 8.76. The van der Waals surface area contributed by atoms with Crippen molar-refractivity contribution in [1.29, 1.82) is 0 Å². The molecule has 2 N–H and O–H groups in total. The number of carbonyl (C=O) groups excluding carboxylic acids is 2. The van der Waals surface area contributed by atoms with Crippen molar-refractivity contribution in [2.45, 2.75) is 19.8 Å². The molecule has 1 heterocycles. The van der Waals surface area contributed by atoms with Gasteiger partial charge in [-0.15, -0.1) is 0 Å². The SMILES string of the molecule is COc1cccc(NC(=O)CN(C)CC(=O)Nc2cc(C(C)C)no2)c1. The summed E-state index contributed by atoms with van der Waals surface area (Å²) >= 11 is 0. The summed E-state index contributed by atoms with van der Waals surface area (Å²) in [6.45, 7) is 4.08. The van der Waals surface area contributed by atoms with Crippen LogP contribution in [0.5, 0.6) is 5.75 Å². The Morgan fingerprint density at radius 1 is 1.19 bits per heavy atom. The van der Waals surface area contributed by atoms with Crippen LogP contribution in [-0.4, -0.2) is 49.1 Å². The smallest absolute Gasteiger partial charge is 0.240 e. The van der Waals surface area contributed by atoms with Crippen LogP contribution in [0, 0.1) is 0 Å². The van der Waals surface area contributed by atoms with Crippen LogP contribution in [0.4, 0.5) is 11.6 Å². The standard InChI is InChI=1S/C18H24N4O4/c1-12(2)15-9-18(26-21-15)20-17(24)11-22(3)10-16(23)19-13-6-5-7-14(8-13)25-4/h5-9,12H,10-11H2,1-4H3,(H,19,23)(H,20,24). The molecule has 0 unspecified atom stereocenters. The minimum Gasteiger partial charge on any atom is -0.497 e. The van der Waals surface area contributed by atoms with Gasteiger partial charge in [0.25, 0.3) is 0 Å². The molecule has 0 atom stereocenters. The van der Waals surface area contributed by atoms with Gasteiger partial charge in [-0.3, -0.25) is 19.8 Å². The molecule has 0 aliphatic carbocycles. The van der Waals surface area contributed by atoms with Gasteiger partial charge in [-0.1, -0.05) is 25.1 Å². The average molecular weight is 360 g/mol. The number of benzene rings is 1. The number of rotatable bonds is 8. The third kappa shape index (κ3) is 5.89. The maximum atomic E-state index is 12.1. The highest BCUT2D eigenvalue weighted by Gasteiger charge is 2.14. The zero-order chi connectivity index (χ0) is 19.1. The van der Waals surface area contributed by atoms with Gasteiger partial charge in [0, 0.05) is 17.8 Å². The minimum atomic E-state index is -0.284. The van der Waals surface area contributed by atoms with Crippen molar-refractivity contribution in [1.82, 2.24) is 10.1 Å². The molecule has 26 heavy (non-hydrogen) atoms. The second-order valence-electron chi connectivity index (χ2n) is 6.27. The summed E-state index contributed by atoms with van der Waals surface area (Å²) in [7, 11) is 3.25. The van der Waals surface area contributed by atoms with Crippen molar-refractivity contribution < 1.29 is 18.8 Å². The highest BCUT2D eigenvalue weighted by molar-refractivity contribution is 5.94. The number of anilines is 2. The van der Waals surface area contributed by atoms with E-state index in [0.717, 1.165) is 5.69 Å². The van der Waals surface area contributed by atoms with E-state index >= 15 is 0 Å². The van der Waals surface area contributed by atoms with Crippen molar-refractivity contribution in [3.05, 3.63) is 36.0 Å². The molecule has 0 aliphatic heterocycles. The Hall–Kier alpha value is -2.87. The van der Waals surface area contributed by atoms with Crippen LogP contribution in [0.3, 0.4) is 0 Å². The Kier molecular flexibility index (Phi) is 6.74. The fourth-order valence-electron chi connectivity index (χ4n) is 2.24. The first-order valence-corrected chi connectivity index (χ1v) is 8.26. The largest absolute Gasteiger partial charge is 0.497 e. The molecular formula is C18H24N4O4. The van der Waals surface area contributed by atoms with Crippen molar-refractivity contribution in [3.8, 4) is 5.75 Å². The van der Waals surface area contributed by atoms with Gasteiger partial charge in [-0.05, 0) is 25.1 Å². The first kappa shape index (κ1) is 19.5. The van der Waals surface area contributed by atoms with Crippen LogP contribution < -0.4 is 15.4 Å². The molecule has 8 nitrogen and oxygen atoms in total. The number of methoxy groups -OCH3 is 1. The third-order valence-electron chi connectivity index (χ3n) is 3.56. The van der Waals surface area contributed by atoms with E-state index in [2.05, 4.69) is 15.8 Å². The van der Waals surface area contributed by atoms with E-state index in [1.54, 1.807) is 49.4 Å². The van der Waals surface area contributed by atoms with Crippen molar-refractivity contribution >= 4 is 23.4 Å². The average Bonchev–Trinajstić information content (AvgIpc) is 3.03. The highest BCUT2D eigenvalue weighted by Crippen LogP contribution is 2.18. The van der Waals surface area contributed by atoms with E-state index < -0.39 is 0 Å². The molecule has 1 aromatic heterocycles. The normalized spacial score (nSPS) is 10.8. The van der Waals surface area contributed by atoms with Crippen LogP contribution in [0.25, 0.3) is 0 Å². The number of ether oxygens (including phenoxy) is 1. The molecule has 140 valence electrons. The summed E-state index contributed by atoms with van der Waals surface area (Å²) < 4.78 is 10.2. The Morgan fingerprint density at radius 3 is 2.50 bits per heavy atom. The molecule has 0 bridgehead atoms. The third-order valence-corrected chi connectivity index (χ3v) is 3.56. The van der Waals surface area contributed by atoms with E-state index in [1.807, 2.05) is 13.8 Å². The fourth-order valence-corrected chi connectivity index (χ4v) is 2.24. The lowest BCUT2D eigenvalue weighted by atomic mass is 10.1. The van der Waals surface area contributed by atoms with Crippen molar-refractivity contribution in [2.75, 3.05) is 37.9 Å². The number of amides is 2. The van der Waals surface area contributed by atoms with E-state index in [9.17, 15) is 9.59 Å². The molecule has 0 radical (unpaired) electrons. The summed E-state index contributed by atoms with van der Waals surface area (Å²) in [5.41, 5.74) is 1.40. The topological polar surface area (TPSA) is 96.7 Å². The fraction of sp³-hybridized carbons (Fsp3) is 0.389. The molecule has 0 fully saturated rings. The van der Waals surface area contributed by atoms with Crippen molar-refractivity contribution in [2.24, 2.45) is 0 Å². The van der Waals surface area contributed by atoms with Gasteiger partial charge < -0.3 is 14.6 Å². The predicted molar refractivity (Wildman–Crippen MR) is 98.3 cm³/mol. The Balaban J connectivity index is 1.80. The zero-order valence-corrected chi connectivity index (χ0v) is 15.4. The molecule has 8 heteroatoms. The van der Waals surface area contributed by atoms with Crippen LogP contribution in [0.1, 0.15) is 25.5 Å². The molecule has 2 amide bonds. The highest BCUT2D eigenvalue weighted by atomic mass is 16.5. The lowest BCUT2D eigenvalue weighted by Crippen LogP contribution is -2.36. The first-order chi connectivity index (χ1) is 12.4. The molecule has 0 aliphatic rings. The maximum Gasteiger partial charge on any atom is 0.240 e. The lowest BCUT2D eigenvalue weighted by molar-refractivity contribution is -0.119. The molecule has 0 spiro atoms. The number of nitrogens with zero attached hydrogens (tertiary/aromatic N) is 2. The van der Waals surface area contributed by atoms with E-state index in [0.29, 0.717) is 17.3 Å². The molecule has 0 saturated heterocycles. The van der Waals surface area contributed by atoms with Gasteiger partial charge >= 0.3 is 0 Å². The van der Waals surface area contributed by atoms with Crippen LogP contribution >= 0.6 is 0 Å². The number of aromatic nitrogens is 1. The van der Waals surface area contributed by atoms with E-state index in [4.69, 9.17) is 9.26 Å². The van der Waals surface area contributed by atoms with Crippen LogP contribution in [0.2, 0.25) is 0 Å².